The van der Waals surface area contributed by atoms with E-state index in [1.807, 2.05) is 54.9 Å². The molecule has 0 atom stereocenters. The summed E-state index contributed by atoms with van der Waals surface area (Å²) in [6.45, 7) is 4.83. The Morgan fingerprint density at radius 2 is 2.00 bits per heavy atom. The number of nitrogens with one attached hydrogen (secondary N) is 1. The van der Waals surface area contributed by atoms with E-state index < -0.39 is 11.2 Å². The number of aromatic amines is 1. The molecule has 0 aliphatic rings. The zero-order chi connectivity index (χ0) is 24.7. The molecule has 0 fully saturated rings. The van der Waals surface area contributed by atoms with Crippen LogP contribution < -0.4 is 21.9 Å². The number of methoxy groups -OCH3 is 1. The maximum Gasteiger partial charge on any atom is 0.330 e. The summed E-state index contributed by atoms with van der Waals surface area (Å²) in [4.78, 5) is 46.6. The number of hydrogen-bond acceptors (Lipinski definition) is 7. The van der Waals surface area contributed by atoms with Crippen molar-refractivity contribution in [2.75, 3.05) is 36.6 Å². The van der Waals surface area contributed by atoms with Gasteiger partial charge < -0.3 is 19.9 Å². The lowest BCUT2D eigenvalue weighted by atomic mass is 10.2. The number of carbonyl (C=O) groups is 1. The van der Waals surface area contributed by atoms with Crippen LogP contribution in [0.3, 0.4) is 0 Å². The summed E-state index contributed by atoms with van der Waals surface area (Å²) in [5.74, 6) is -0.327. The van der Waals surface area contributed by atoms with Crippen LogP contribution in [0, 0.1) is 0 Å². The van der Waals surface area contributed by atoms with Crippen molar-refractivity contribution in [1.29, 1.82) is 0 Å². The molecule has 0 unspecified atom stereocenters. The number of benzene rings is 1. The zero-order valence-electron chi connectivity index (χ0n) is 19.6. The molecule has 0 aliphatic heterocycles. The van der Waals surface area contributed by atoms with Crippen molar-refractivity contribution in [2.24, 2.45) is 0 Å². The summed E-state index contributed by atoms with van der Waals surface area (Å²) >= 11 is 1.28. The molecule has 3 rings (SSSR count). The molecule has 182 valence electrons. The van der Waals surface area contributed by atoms with Gasteiger partial charge in [0.1, 0.15) is 5.82 Å². The summed E-state index contributed by atoms with van der Waals surface area (Å²) in [6, 6.07) is 9.46. The molecular weight excluding hydrogens is 456 g/mol. The zero-order valence-corrected chi connectivity index (χ0v) is 20.4. The van der Waals surface area contributed by atoms with Crippen molar-refractivity contribution in [3.05, 3.63) is 69.1 Å². The van der Waals surface area contributed by atoms with Gasteiger partial charge in [-0.05, 0) is 25.8 Å². The first kappa shape index (κ1) is 25.3. The van der Waals surface area contributed by atoms with Gasteiger partial charge in [-0.15, -0.1) is 0 Å². The second-order valence-corrected chi connectivity index (χ2v) is 8.90. The molecule has 10 nitrogen and oxygen atoms in total. The Hall–Kier alpha value is -3.31. The Labute approximate surface area is 201 Å². The normalized spacial score (nSPS) is 11.2. The number of ether oxygens (including phenoxy) is 1. The highest BCUT2D eigenvalue weighted by atomic mass is 32.2. The maximum atomic E-state index is 13.3. The Balaban J connectivity index is 1.93. The summed E-state index contributed by atoms with van der Waals surface area (Å²) in [6.07, 6.45) is 4.03. The molecule has 0 saturated heterocycles. The van der Waals surface area contributed by atoms with Crippen molar-refractivity contribution in [3.8, 4) is 0 Å². The van der Waals surface area contributed by atoms with Crippen LogP contribution in [0.2, 0.25) is 0 Å². The lowest BCUT2D eigenvalue weighted by Gasteiger charge is -2.24. The van der Waals surface area contributed by atoms with Crippen LogP contribution >= 0.6 is 11.8 Å². The molecule has 0 aliphatic carbocycles. The van der Waals surface area contributed by atoms with Gasteiger partial charge in [-0.25, -0.2) is 9.78 Å². The van der Waals surface area contributed by atoms with Gasteiger partial charge in [0.15, 0.2) is 10.8 Å². The fraction of sp³-hybridized carbons (Fsp3) is 0.391. The number of aromatic nitrogens is 4. The topological polar surface area (TPSA) is 128 Å². The van der Waals surface area contributed by atoms with E-state index in [1.54, 1.807) is 13.3 Å². The SMILES string of the molecule is COCCCN(C(=O)CSc1nccn1C(C)C)c1c(N)n(Cc2ccccc2)c(=O)[nH]c1=O. The molecule has 0 saturated carbocycles. The molecule has 3 N–H and O–H groups in total. The minimum atomic E-state index is -0.703. The molecule has 2 aromatic heterocycles. The third-order valence-electron chi connectivity index (χ3n) is 5.21. The van der Waals surface area contributed by atoms with E-state index in [4.69, 9.17) is 10.5 Å². The summed E-state index contributed by atoms with van der Waals surface area (Å²) < 4.78 is 8.35. The Morgan fingerprint density at radius 1 is 1.26 bits per heavy atom. The maximum absolute atomic E-state index is 13.3. The van der Waals surface area contributed by atoms with Crippen molar-refractivity contribution in [1.82, 2.24) is 19.1 Å². The van der Waals surface area contributed by atoms with E-state index in [-0.39, 0.29) is 42.3 Å². The van der Waals surface area contributed by atoms with E-state index in [0.717, 1.165) is 5.56 Å². The number of rotatable bonds is 11. The third-order valence-corrected chi connectivity index (χ3v) is 6.18. The average Bonchev–Trinajstić information content (AvgIpc) is 3.29. The van der Waals surface area contributed by atoms with Crippen LogP contribution in [-0.4, -0.2) is 51.0 Å². The smallest absolute Gasteiger partial charge is 0.330 e. The van der Waals surface area contributed by atoms with Gasteiger partial charge in [0.05, 0.1) is 12.3 Å². The first-order valence-corrected chi connectivity index (χ1v) is 11.9. The van der Waals surface area contributed by atoms with Gasteiger partial charge in [0.2, 0.25) is 5.91 Å². The quantitative estimate of drug-likeness (QED) is 0.314. The second kappa shape index (κ2) is 11.7. The fourth-order valence-electron chi connectivity index (χ4n) is 3.50. The van der Waals surface area contributed by atoms with Crippen molar-refractivity contribution in [3.63, 3.8) is 0 Å². The van der Waals surface area contributed by atoms with Gasteiger partial charge in [-0.2, -0.15) is 0 Å². The Kier molecular flexibility index (Phi) is 8.72. The lowest BCUT2D eigenvalue weighted by Crippen LogP contribution is -2.42. The van der Waals surface area contributed by atoms with Crippen LogP contribution in [0.4, 0.5) is 11.5 Å². The second-order valence-electron chi connectivity index (χ2n) is 7.96. The third kappa shape index (κ3) is 5.97. The largest absolute Gasteiger partial charge is 0.385 e. The first-order valence-electron chi connectivity index (χ1n) is 10.9. The minimum Gasteiger partial charge on any atom is -0.385 e. The van der Waals surface area contributed by atoms with Gasteiger partial charge >= 0.3 is 5.69 Å². The van der Waals surface area contributed by atoms with Gasteiger partial charge in [0, 0.05) is 38.7 Å². The molecule has 34 heavy (non-hydrogen) atoms. The number of thioether (sulfide) groups is 1. The van der Waals surface area contributed by atoms with Gasteiger partial charge in [0.25, 0.3) is 5.56 Å². The molecule has 11 heteroatoms. The van der Waals surface area contributed by atoms with Crippen molar-refractivity contribution in [2.45, 2.75) is 38.0 Å². The highest BCUT2D eigenvalue weighted by molar-refractivity contribution is 7.99. The predicted octanol–water partition coefficient (Wildman–Crippen LogP) is 2.11. The molecule has 1 amide bonds. The van der Waals surface area contributed by atoms with Crippen LogP contribution in [0.1, 0.15) is 31.9 Å². The number of nitrogens with two attached hydrogens (primary N) is 1. The monoisotopic (exact) mass is 486 g/mol. The first-order chi connectivity index (χ1) is 16.3. The average molecular weight is 487 g/mol. The Morgan fingerprint density at radius 3 is 2.68 bits per heavy atom. The van der Waals surface area contributed by atoms with Crippen LogP contribution in [0.15, 0.2) is 57.5 Å². The number of hydrogen-bond donors (Lipinski definition) is 2. The molecule has 3 aromatic rings. The number of H-pyrrole nitrogens is 1. The predicted molar refractivity (Wildman–Crippen MR) is 133 cm³/mol. The summed E-state index contributed by atoms with van der Waals surface area (Å²) in [5.41, 5.74) is 5.79. The standard InChI is InChI=1S/C23H30N6O4S/c1-16(2)27-12-10-25-23(27)34-15-18(30)28(11-7-13-33-3)19-20(24)29(22(32)26-21(19)31)14-17-8-5-4-6-9-17/h4-6,8-10,12,16H,7,11,13-15,24H2,1-3H3,(H,26,31,32). The van der Waals surface area contributed by atoms with E-state index in [2.05, 4.69) is 9.97 Å². The highest BCUT2D eigenvalue weighted by Gasteiger charge is 2.25. The van der Waals surface area contributed by atoms with Crippen LogP contribution in [0.25, 0.3) is 0 Å². The van der Waals surface area contributed by atoms with E-state index >= 15 is 0 Å². The van der Waals surface area contributed by atoms with E-state index in [1.165, 1.54) is 21.2 Å². The van der Waals surface area contributed by atoms with Crippen molar-refractivity contribution < 1.29 is 9.53 Å². The van der Waals surface area contributed by atoms with Crippen LogP contribution in [0.5, 0.6) is 0 Å². The fourth-order valence-corrected chi connectivity index (χ4v) is 4.46. The minimum absolute atomic E-state index is 0.0376. The van der Waals surface area contributed by atoms with E-state index in [9.17, 15) is 14.4 Å². The Bertz CT molecular complexity index is 1220. The lowest BCUT2D eigenvalue weighted by molar-refractivity contribution is -0.116. The molecule has 0 radical (unpaired) electrons. The number of anilines is 2. The molecule has 0 spiro atoms. The summed E-state index contributed by atoms with van der Waals surface area (Å²) in [5, 5.41) is 0.705. The molecule has 2 heterocycles. The number of imidazole rings is 1. The van der Waals surface area contributed by atoms with E-state index in [0.29, 0.717) is 18.2 Å². The molecule has 1 aromatic carbocycles. The number of nitrogen functional groups attached to an aromatic ring is 1. The van der Waals surface area contributed by atoms with Crippen LogP contribution in [-0.2, 0) is 16.1 Å². The number of amides is 1. The number of nitrogens with zero attached hydrogens (tertiary/aromatic N) is 4. The van der Waals surface area contributed by atoms with Gasteiger partial charge in [-0.3, -0.25) is 19.1 Å². The molecule has 0 bridgehead atoms. The summed E-state index contributed by atoms with van der Waals surface area (Å²) in [7, 11) is 1.56. The van der Waals surface area contributed by atoms with Crippen molar-refractivity contribution >= 4 is 29.2 Å². The number of carbonyl (C=O) groups excluding carboxylic acids is 1. The highest BCUT2D eigenvalue weighted by Crippen LogP contribution is 2.23. The molecular formula is C23H30N6O4S. The van der Waals surface area contributed by atoms with Gasteiger partial charge in [-0.1, -0.05) is 42.1 Å².